The second-order valence-electron chi connectivity index (χ2n) is 10.3. The number of fused-ring (bicyclic) bond motifs is 4. The SMILES string of the molecule is CC=CC1OC2Cc3c(ccc4c3CC(O)CC(O)C4)C3CCC(C1(C)O)C23C. The van der Waals surface area contributed by atoms with Gasteiger partial charge in [-0.25, -0.2) is 0 Å². The van der Waals surface area contributed by atoms with Gasteiger partial charge in [-0.1, -0.05) is 31.2 Å². The van der Waals surface area contributed by atoms with Crippen molar-refractivity contribution in [2.24, 2.45) is 11.3 Å². The Morgan fingerprint density at radius 1 is 1.03 bits per heavy atom. The van der Waals surface area contributed by atoms with Crippen molar-refractivity contribution in [3.63, 3.8) is 0 Å². The molecule has 1 saturated heterocycles. The van der Waals surface area contributed by atoms with E-state index in [1.807, 2.05) is 26.0 Å². The van der Waals surface area contributed by atoms with Crippen molar-refractivity contribution < 1.29 is 20.1 Å². The molecule has 1 aromatic rings. The van der Waals surface area contributed by atoms with E-state index in [0.717, 1.165) is 19.3 Å². The van der Waals surface area contributed by atoms with Crippen LogP contribution in [0.15, 0.2) is 24.3 Å². The topological polar surface area (TPSA) is 69.9 Å². The zero-order chi connectivity index (χ0) is 20.6. The number of hydrogen-bond acceptors (Lipinski definition) is 4. The van der Waals surface area contributed by atoms with Crippen LogP contribution in [0.4, 0.5) is 0 Å². The quantitative estimate of drug-likeness (QED) is 0.502. The van der Waals surface area contributed by atoms with Crippen LogP contribution in [0.1, 0.15) is 68.2 Å². The van der Waals surface area contributed by atoms with E-state index in [-0.39, 0.29) is 23.5 Å². The van der Waals surface area contributed by atoms with Gasteiger partial charge in [0.25, 0.3) is 0 Å². The van der Waals surface area contributed by atoms with Crippen LogP contribution in [-0.4, -0.2) is 45.3 Å². The predicted octanol–water partition coefficient (Wildman–Crippen LogP) is 3.05. The second-order valence-corrected chi connectivity index (χ2v) is 10.3. The van der Waals surface area contributed by atoms with Crippen molar-refractivity contribution in [2.75, 3.05) is 0 Å². The van der Waals surface area contributed by atoms with E-state index >= 15 is 0 Å². The normalized spacial score (nSPS) is 46.1. The number of ether oxygens (including phenoxy) is 1. The molecule has 1 aromatic carbocycles. The van der Waals surface area contributed by atoms with Crippen LogP contribution in [0.5, 0.6) is 0 Å². The molecule has 0 spiro atoms. The van der Waals surface area contributed by atoms with Gasteiger partial charge in [0.1, 0.15) is 6.10 Å². The van der Waals surface area contributed by atoms with Gasteiger partial charge >= 0.3 is 0 Å². The summed E-state index contributed by atoms with van der Waals surface area (Å²) in [6.07, 6.45) is 7.38. The molecule has 1 saturated carbocycles. The summed E-state index contributed by atoms with van der Waals surface area (Å²) in [5, 5.41) is 32.2. The largest absolute Gasteiger partial charge is 0.393 e. The fraction of sp³-hybridized carbons (Fsp3) is 0.680. The van der Waals surface area contributed by atoms with Crippen LogP contribution in [0.2, 0.25) is 0 Å². The van der Waals surface area contributed by atoms with Crippen molar-refractivity contribution in [1.82, 2.24) is 0 Å². The maximum atomic E-state index is 11.5. The highest BCUT2D eigenvalue weighted by atomic mass is 16.5. The number of hydrogen-bond donors (Lipinski definition) is 3. The van der Waals surface area contributed by atoms with Crippen molar-refractivity contribution in [3.05, 3.63) is 46.5 Å². The average molecular weight is 399 g/mol. The first-order valence-electron chi connectivity index (χ1n) is 11.3. The fourth-order valence-electron chi connectivity index (χ4n) is 7.33. The Labute approximate surface area is 173 Å². The van der Waals surface area contributed by atoms with Gasteiger partial charge in [-0.2, -0.15) is 0 Å². The van der Waals surface area contributed by atoms with Crippen molar-refractivity contribution in [1.29, 1.82) is 0 Å². The van der Waals surface area contributed by atoms with Crippen molar-refractivity contribution in [3.8, 4) is 0 Å². The molecule has 158 valence electrons. The first kappa shape index (κ1) is 19.7. The Balaban J connectivity index is 1.63. The molecule has 0 bridgehead atoms. The lowest BCUT2D eigenvalue weighted by molar-refractivity contribution is -0.237. The minimum atomic E-state index is -0.865. The van der Waals surface area contributed by atoms with Gasteiger partial charge in [-0.15, -0.1) is 0 Å². The van der Waals surface area contributed by atoms with Gasteiger partial charge in [-0.3, -0.25) is 0 Å². The van der Waals surface area contributed by atoms with E-state index < -0.39 is 17.8 Å². The van der Waals surface area contributed by atoms with Gasteiger partial charge in [0.05, 0.1) is 23.9 Å². The molecule has 1 aliphatic heterocycles. The van der Waals surface area contributed by atoms with Crippen LogP contribution in [0.25, 0.3) is 0 Å². The molecular weight excluding hydrogens is 364 g/mol. The number of allylic oxidation sites excluding steroid dienone is 1. The minimum Gasteiger partial charge on any atom is -0.393 e. The molecule has 8 unspecified atom stereocenters. The van der Waals surface area contributed by atoms with E-state index in [4.69, 9.17) is 4.74 Å². The van der Waals surface area contributed by atoms with Gasteiger partial charge in [0, 0.05) is 5.41 Å². The molecule has 3 N–H and O–H groups in total. The Bertz CT molecular complexity index is 843. The lowest BCUT2D eigenvalue weighted by atomic mass is 9.55. The van der Waals surface area contributed by atoms with Crippen LogP contribution in [0, 0.1) is 11.3 Å². The monoisotopic (exact) mass is 398 g/mol. The first-order chi connectivity index (χ1) is 13.8. The predicted molar refractivity (Wildman–Crippen MR) is 112 cm³/mol. The summed E-state index contributed by atoms with van der Waals surface area (Å²) in [7, 11) is 0. The van der Waals surface area contributed by atoms with Crippen LogP contribution in [0.3, 0.4) is 0 Å². The molecule has 4 heteroatoms. The summed E-state index contributed by atoms with van der Waals surface area (Å²) < 4.78 is 6.61. The zero-order valence-electron chi connectivity index (χ0n) is 17.8. The van der Waals surface area contributed by atoms with Gasteiger partial charge in [0.2, 0.25) is 0 Å². The third kappa shape index (κ3) is 2.72. The molecule has 2 fully saturated rings. The molecule has 1 heterocycles. The van der Waals surface area contributed by atoms with Gasteiger partial charge in [-0.05, 0) is 86.5 Å². The molecule has 0 amide bonds. The molecule has 4 nitrogen and oxygen atoms in total. The Kier molecular flexibility index (Phi) is 4.53. The molecule has 3 aliphatic carbocycles. The standard InChI is InChI=1S/C25H34O4/c1-4-5-22-25(3,28)21-9-8-20-17-7-6-14-10-15(26)11-16(27)12-18(14)19(17)13-23(29-22)24(20,21)2/h4-7,15-16,20-23,26-28H,8-13H2,1-3H3. The van der Waals surface area contributed by atoms with Gasteiger partial charge in [0.15, 0.2) is 0 Å². The van der Waals surface area contributed by atoms with E-state index in [9.17, 15) is 15.3 Å². The average Bonchev–Trinajstić information content (AvgIpc) is 2.93. The smallest absolute Gasteiger partial charge is 0.105 e. The van der Waals surface area contributed by atoms with Crippen molar-refractivity contribution >= 4 is 0 Å². The Hall–Kier alpha value is -1.20. The molecular formula is C25H34O4. The molecule has 5 rings (SSSR count). The maximum Gasteiger partial charge on any atom is 0.105 e. The number of benzene rings is 1. The number of rotatable bonds is 1. The maximum absolute atomic E-state index is 11.5. The Morgan fingerprint density at radius 3 is 2.55 bits per heavy atom. The number of aliphatic hydroxyl groups is 3. The van der Waals surface area contributed by atoms with Crippen LogP contribution in [-0.2, 0) is 24.0 Å². The Morgan fingerprint density at radius 2 is 1.79 bits per heavy atom. The molecule has 4 aliphatic rings. The van der Waals surface area contributed by atoms with E-state index in [1.54, 1.807) is 0 Å². The lowest BCUT2D eigenvalue weighted by Gasteiger charge is -2.58. The van der Waals surface area contributed by atoms with Crippen LogP contribution < -0.4 is 0 Å². The summed E-state index contributed by atoms with van der Waals surface area (Å²) in [4.78, 5) is 0. The van der Waals surface area contributed by atoms with Crippen molar-refractivity contribution in [2.45, 2.75) is 95.2 Å². The molecule has 8 atom stereocenters. The highest BCUT2D eigenvalue weighted by Crippen LogP contribution is 2.65. The van der Waals surface area contributed by atoms with E-state index in [1.165, 1.54) is 22.3 Å². The molecule has 0 aromatic heterocycles. The number of aliphatic hydroxyl groups excluding tert-OH is 2. The lowest BCUT2D eigenvalue weighted by Crippen LogP contribution is -2.63. The minimum absolute atomic E-state index is 0.0609. The van der Waals surface area contributed by atoms with E-state index in [2.05, 4.69) is 19.1 Å². The molecule has 0 radical (unpaired) electrons. The summed E-state index contributed by atoms with van der Waals surface area (Å²) in [6, 6.07) is 4.44. The second kappa shape index (κ2) is 6.65. The highest BCUT2D eigenvalue weighted by Gasteiger charge is 2.65. The fourth-order valence-corrected chi connectivity index (χ4v) is 7.33. The molecule has 29 heavy (non-hydrogen) atoms. The summed E-state index contributed by atoms with van der Waals surface area (Å²) >= 11 is 0. The summed E-state index contributed by atoms with van der Waals surface area (Å²) in [5.74, 6) is 0.578. The zero-order valence-corrected chi connectivity index (χ0v) is 17.8. The first-order valence-corrected chi connectivity index (χ1v) is 11.3. The third-order valence-electron chi connectivity index (χ3n) is 8.67. The summed E-state index contributed by atoms with van der Waals surface area (Å²) in [5.41, 5.74) is 4.20. The highest BCUT2D eigenvalue weighted by molar-refractivity contribution is 5.49. The van der Waals surface area contributed by atoms with Gasteiger partial charge < -0.3 is 20.1 Å². The summed E-state index contributed by atoms with van der Waals surface area (Å²) in [6.45, 7) is 6.26. The van der Waals surface area contributed by atoms with Crippen LogP contribution >= 0.6 is 0 Å². The third-order valence-corrected chi connectivity index (χ3v) is 8.67. The van der Waals surface area contributed by atoms with E-state index in [0.29, 0.717) is 25.2 Å².